The summed E-state index contributed by atoms with van der Waals surface area (Å²) in [4.78, 5) is 31.5. The first-order chi connectivity index (χ1) is 17.9. The second-order valence-electron chi connectivity index (χ2n) is 9.26. The molecule has 1 unspecified atom stereocenters. The number of aromatic amines is 1. The summed E-state index contributed by atoms with van der Waals surface area (Å²) in [6, 6.07) is 21.1. The van der Waals surface area contributed by atoms with E-state index in [1.807, 2.05) is 62.4 Å². The van der Waals surface area contributed by atoms with Crippen molar-refractivity contribution in [2.75, 3.05) is 7.11 Å². The number of carbonyl (C=O) groups is 2. The van der Waals surface area contributed by atoms with Crippen LogP contribution < -0.4 is 9.47 Å². The molecule has 0 aliphatic carbocycles. The smallest absolute Gasteiger partial charge is 0.295 e. The van der Waals surface area contributed by atoms with Crippen LogP contribution in [0.3, 0.4) is 0 Å². The summed E-state index contributed by atoms with van der Waals surface area (Å²) in [6.45, 7) is 4.05. The lowest BCUT2D eigenvalue weighted by Crippen LogP contribution is -2.29. The standard InChI is InChI=1S/C30H28N2O5/c1-18(2)37-22-14-10-20(11-15-22)28(33)26-27(24-16-31-25-7-5-4-6-23(24)25)32(30(35)29(26)34)17-19-8-12-21(36-3)13-9-19/h4-16,18,27,31,33H,17H2,1-3H3/b28-26+. The van der Waals surface area contributed by atoms with E-state index in [2.05, 4.69) is 4.98 Å². The summed E-state index contributed by atoms with van der Waals surface area (Å²) in [7, 11) is 1.59. The van der Waals surface area contributed by atoms with Gasteiger partial charge >= 0.3 is 0 Å². The highest BCUT2D eigenvalue weighted by atomic mass is 16.5. The van der Waals surface area contributed by atoms with Gasteiger partial charge in [-0.15, -0.1) is 0 Å². The Morgan fingerprint density at radius 2 is 1.65 bits per heavy atom. The Labute approximate surface area is 214 Å². The number of nitrogens with one attached hydrogen (secondary N) is 1. The lowest BCUT2D eigenvalue weighted by molar-refractivity contribution is -0.140. The largest absolute Gasteiger partial charge is 0.507 e. The quantitative estimate of drug-likeness (QED) is 0.198. The molecule has 1 atom stereocenters. The minimum absolute atomic E-state index is 0.00426. The zero-order valence-corrected chi connectivity index (χ0v) is 20.9. The summed E-state index contributed by atoms with van der Waals surface area (Å²) >= 11 is 0. The molecule has 2 heterocycles. The third-order valence-corrected chi connectivity index (χ3v) is 6.47. The number of carbonyl (C=O) groups excluding carboxylic acids is 2. The number of Topliss-reactive ketones (excluding diaryl/α,β-unsaturated/α-hetero) is 1. The van der Waals surface area contributed by atoms with Crippen LogP contribution in [0.1, 0.15) is 36.6 Å². The number of benzene rings is 3. The van der Waals surface area contributed by atoms with Gasteiger partial charge in [-0.25, -0.2) is 0 Å². The zero-order valence-electron chi connectivity index (χ0n) is 20.9. The van der Waals surface area contributed by atoms with Gasteiger partial charge in [0.05, 0.1) is 24.8 Å². The van der Waals surface area contributed by atoms with E-state index < -0.39 is 17.7 Å². The van der Waals surface area contributed by atoms with E-state index in [4.69, 9.17) is 9.47 Å². The number of hydrogen-bond acceptors (Lipinski definition) is 5. The number of amides is 1. The third-order valence-electron chi connectivity index (χ3n) is 6.47. The van der Waals surface area contributed by atoms with Gasteiger partial charge < -0.3 is 24.5 Å². The fourth-order valence-corrected chi connectivity index (χ4v) is 4.73. The average molecular weight is 497 g/mol. The average Bonchev–Trinajstić information content (AvgIpc) is 3.43. The molecule has 188 valence electrons. The first kappa shape index (κ1) is 24.2. The van der Waals surface area contributed by atoms with Crippen molar-refractivity contribution in [3.05, 3.63) is 101 Å². The number of hydrogen-bond donors (Lipinski definition) is 2. The van der Waals surface area contributed by atoms with Crippen LogP contribution in [-0.4, -0.2) is 39.9 Å². The van der Waals surface area contributed by atoms with E-state index in [0.717, 1.165) is 22.0 Å². The fourth-order valence-electron chi connectivity index (χ4n) is 4.73. The Balaban J connectivity index is 1.62. The molecule has 1 amide bonds. The van der Waals surface area contributed by atoms with E-state index in [-0.39, 0.29) is 24.0 Å². The van der Waals surface area contributed by atoms with Crippen LogP contribution in [0.25, 0.3) is 16.7 Å². The van der Waals surface area contributed by atoms with Crippen molar-refractivity contribution in [3.8, 4) is 11.5 Å². The van der Waals surface area contributed by atoms with Crippen molar-refractivity contribution in [1.29, 1.82) is 0 Å². The minimum atomic E-state index is -0.773. The second kappa shape index (κ2) is 9.85. The number of aliphatic hydroxyl groups is 1. The molecule has 37 heavy (non-hydrogen) atoms. The van der Waals surface area contributed by atoms with Crippen LogP contribution in [0.4, 0.5) is 0 Å². The number of fused-ring (bicyclic) bond motifs is 1. The van der Waals surface area contributed by atoms with Crippen LogP contribution >= 0.6 is 0 Å². The summed E-state index contributed by atoms with van der Waals surface area (Å²) in [6.07, 6.45) is 1.80. The van der Waals surface area contributed by atoms with Crippen LogP contribution in [0.2, 0.25) is 0 Å². The molecule has 7 nitrogen and oxygen atoms in total. The first-order valence-corrected chi connectivity index (χ1v) is 12.1. The molecule has 1 aliphatic rings. The Bertz CT molecular complexity index is 1480. The van der Waals surface area contributed by atoms with Crippen LogP contribution in [-0.2, 0) is 16.1 Å². The maximum atomic E-state index is 13.4. The van der Waals surface area contributed by atoms with Crippen molar-refractivity contribution in [3.63, 3.8) is 0 Å². The van der Waals surface area contributed by atoms with E-state index in [9.17, 15) is 14.7 Å². The van der Waals surface area contributed by atoms with E-state index in [1.165, 1.54) is 4.90 Å². The Morgan fingerprint density at radius 3 is 2.32 bits per heavy atom. The number of para-hydroxylation sites is 1. The number of rotatable bonds is 7. The molecule has 0 radical (unpaired) electrons. The van der Waals surface area contributed by atoms with Gasteiger partial charge in [0.2, 0.25) is 0 Å². The molecule has 0 spiro atoms. The van der Waals surface area contributed by atoms with Crippen molar-refractivity contribution in [2.45, 2.75) is 32.5 Å². The monoisotopic (exact) mass is 496 g/mol. The molecule has 4 aromatic rings. The summed E-state index contributed by atoms with van der Waals surface area (Å²) in [5.74, 6) is -0.248. The highest BCUT2D eigenvalue weighted by Crippen LogP contribution is 2.42. The molecule has 3 aromatic carbocycles. The molecule has 7 heteroatoms. The van der Waals surface area contributed by atoms with Crippen molar-refractivity contribution < 1.29 is 24.2 Å². The normalized spacial score (nSPS) is 17.1. The fraction of sp³-hybridized carbons (Fsp3) is 0.200. The molecule has 0 bridgehead atoms. The van der Waals surface area contributed by atoms with E-state index in [0.29, 0.717) is 17.1 Å². The molecule has 1 aliphatic heterocycles. The van der Waals surface area contributed by atoms with Crippen LogP contribution in [0, 0.1) is 0 Å². The van der Waals surface area contributed by atoms with Gasteiger partial charge in [0.25, 0.3) is 11.7 Å². The number of likely N-dealkylation sites (tertiary alicyclic amines) is 1. The van der Waals surface area contributed by atoms with Gasteiger partial charge in [0, 0.05) is 34.8 Å². The maximum absolute atomic E-state index is 13.4. The Morgan fingerprint density at radius 1 is 0.973 bits per heavy atom. The Hall–Kier alpha value is -4.52. The van der Waals surface area contributed by atoms with Gasteiger partial charge in [-0.2, -0.15) is 0 Å². The maximum Gasteiger partial charge on any atom is 0.295 e. The van der Waals surface area contributed by atoms with Crippen molar-refractivity contribution in [1.82, 2.24) is 9.88 Å². The second-order valence-corrected chi connectivity index (χ2v) is 9.26. The van der Waals surface area contributed by atoms with E-state index in [1.54, 1.807) is 37.6 Å². The summed E-state index contributed by atoms with van der Waals surface area (Å²) in [5, 5.41) is 12.3. The van der Waals surface area contributed by atoms with Gasteiger partial charge in [-0.3, -0.25) is 9.59 Å². The molecule has 2 N–H and O–H groups in total. The molecule has 5 rings (SSSR count). The number of ether oxygens (including phenoxy) is 2. The van der Waals surface area contributed by atoms with Gasteiger partial charge in [0.1, 0.15) is 17.3 Å². The van der Waals surface area contributed by atoms with Gasteiger partial charge in [-0.1, -0.05) is 30.3 Å². The number of ketones is 1. The number of aliphatic hydroxyl groups excluding tert-OH is 1. The van der Waals surface area contributed by atoms with Gasteiger partial charge in [-0.05, 0) is 61.9 Å². The highest BCUT2D eigenvalue weighted by Gasteiger charge is 2.46. The number of nitrogens with zero attached hydrogens (tertiary/aromatic N) is 1. The van der Waals surface area contributed by atoms with Crippen LogP contribution in [0.15, 0.2) is 84.6 Å². The summed E-state index contributed by atoms with van der Waals surface area (Å²) in [5.41, 5.74) is 2.94. The SMILES string of the molecule is COc1ccc(CN2C(=O)C(=O)/C(=C(/O)c3ccc(OC(C)C)cc3)C2c2c[nH]c3ccccc23)cc1. The highest BCUT2D eigenvalue weighted by molar-refractivity contribution is 6.46. The molecule has 0 saturated carbocycles. The van der Waals surface area contributed by atoms with Gasteiger partial charge in [0.15, 0.2) is 0 Å². The molecule has 1 fully saturated rings. The number of H-pyrrole nitrogens is 1. The number of aromatic nitrogens is 1. The lowest BCUT2D eigenvalue weighted by Gasteiger charge is -2.25. The first-order valence-electron chi connectivity index (χ1n) is 12.1. The van der Waals surface area contributed by atoms with E-state index >= 15 is 0 Å². The third kappa shape index (κ3) is 4.56. The lowest BCUT2D eigenvalue weighted by atomic mass is 9.94. The zero-order chi connectivity index (χ0) is 26.1. The molecule has 1 saturated heterocycles. The molecular formula is C30H28N2O5. The van der Waals surface area contributed by atoms with Crippen molar-refractivity contribution in [2.24, 2.45) is 0 Å². The Kier molecular flexibility index (Phi) is 6.44. The van der Waals surface area contributed by atoms with Crippen molar-refractivity contribution >= 4 is 28.4 Å². The summed E-state index contributed by atoms with van der Waals surface area (Å²) < 4.78 is 10.9. The number of methoxy groups -OCH3 is 1. The topological polar surface area (TPSA) is 91.9 Å². The molecule has 1 aromatic heterocycles. The predicted octanol–water partition coefficient (Wildman–Crippen LogP) is 5.59. The minimum Gasteiger partial charge on any atom is -0.507 e. The predicted molar refractivity (Wildman–Crippen MR) is 141 cm³/mol. The molecular weight excluding hydrogens is 468 g/mol. The van der Waals surface area contributed by atoms with Crippen LogP contribution in [0.5, 0.6) is 11.5 Å².